The highest BCUT2D eigenvalue weighted by Crippen LogP contribution is 2.36. The molecule has 0 radical (unpaired) electrons. The number of sulfonamides is 2. The predicted molar refractivity (Wildman–Crippen MR) is 144 cm³/mol. The molecule has 210 valence electrons. The van der Waals surface area contributed by atoms with Gasteiger partial charge < -0.3 is 0 Å². The summed E-state index contributed by atoms with van der Waals surface area (Å²) in [5.74, 6) is -1.76. The zero-order valence-corrected chi connectivity index (χ0v) is 24.9. The van der Waals surface area contributed by atoms with E-state index in [0.717, 1.165) is 11.1 Å². The van der Waals surface area contributed by atoms with E-state index in [4.69, 9.17) is 0 Å². The third-order valence-electron chi connectivity index (χ3n) is 6.95. The smallest absolute Gasteiger partial charge is 0.229 e. The highest BCUT2D eigenvalue weighted by Gasteiger charge is 2.51. The summed E-state index contributed by atoms with van der Waals surface area (Å²) < 4.78 is 109. The molecule has 0 aliphatic carbocycles. The summed E-state index contributed by atoms with van der Waals surface area (Å²) in [4.78, 5) is -0.344. The summed E-state index contributed by atoms with van der Waals surface area (Å²) in [6, 6.07) is 6.70. The van der Waals surface area contributed by atoms with E-state index in [2.05, 4.69) is 0 Å². The minimum absolute atomic E-state index is 0.120. The van der Waals surface area contributed by atoms with Gasteiger partial charge in [0.2, 0.25) is 0 Å². The van der Waals surface area contributed by atoms with Gasteiger partial charge in [-0.25, -0.2) is 33.7 Å². The molecule has 2 fully saturated rings. The fourth-order valence-electron chi connectivity index (χ4n) is 5.20. The number of nitrogens with zero attached hydrogens (tertiary/aromatic N) is 2. The Morgan fingerprint density at radius 2 is 0.974 bits per heavy atom. The minimum Gasteiger partial charge on any atom is -0.229 e. The first-order valence-corrected chi connectivity index (χ1v) is 18.6. The molecule has 14 heteroatoms. The summed E-state index contributed by atoms with van der Waals surface area (Å²) in [6.07, 6.45) is -0.240. The van der Waals surface area contributed by atoms with E-state index in [1.54, 1.807) is 52.0 Å². The first kappa shape index (κ1) is 29.2. The molecule has 0 N–H and O–H groups in total. The van der Waals surface area contributed by atoms with Crippen molar-refractivity contribution in [2.75, 3.05) is 23.0 Å². The van der Waals surface area contributed by atoms with E-state index < -0.39 is 63.3 Å². The van der Waals surface area contributed by atoms with Crippen LogP contribution in [-0.2, 0) is 39.7 Å². The lowest BCUT2D eigenvalue weighted by Gasteiger charge is -2.40. The second-order valence-electron chi connectivity index (χ2n) is 10.2. The molecule has 0 amide bonds. The van der Waals surface area contributed by atoms with E-state index in [1.165, 1.54) is 12.1 Å². The number of sulfone groups is 2. The Labute approximate surface area is 225 Å². The summed E-state index contributed by atoms with van der Waals surface area (Å²) in [5, 5.41) is 0. The Bertz CT molecular complexity index is 1570. The van der Waals surface area contributed by atoms with Gasteiger partial charge in [-0.05, 0) is 63.8 Å². The Balaban J connectivity index is 2.01. The van der Waals surface area contributed by atoms with Crippen LogP contribution < -0.4 is 0 Å². The van der Waals surface area contributed by atoms with Crippen molar-refractivity contribution >= 4 is 39.7 Å². The molecule has 2 aliphatic rings. The number of hydrogen-bond donors (Lipinski definition) is 0. The van der Waals surface area contributed by atoms with Gasteiger partial charge in [-0.15, -0.1) is 8.83 Å². The summed E-state index contributed by atoms with van der Waals surface area (Å²) in [6.45, 7) is 6.72. The van der Waals surface area contributed by atoms with Crippen LogP contribution in [0, 0.1) is 27.7 Å². The average molecular weight is 605 g/mol. The number of hydrogen-bond acceptors (Lipinski definition) is 8. The molecule has 38 heavy (non-hydrogen) atoms. The average Bonchev–Trinajstić information content (AvgIpc) is 3.31. The van der Waals surface area contributed by atoms with Gasteiger partial charge in [-0.2, -0.15) is 0 Å². The highest BCUT2D eigenvalue weighted by molar-refractivity contribution is 7.93. The van der Waals surface area contributed by atoms with Gasteiger partial charge >= 0.3 is 0 Å². The fraction of sp³-hybridized carbons (Fsp3) is 0.500. The normalized spacial score (nSPS) is 23.3. The summed E-state index contributed by atoms with van der Waals surface area (Å²) in [7, 11) is -16.6. The van der Waals surface area contributed by atoms with Crippen LogP contribution in [0.3, 0.4) is 0 Å². The van der Waals surface area contributed by atoms with Crippen LogP contribution >= 0.6 is 0 Å². The number of benzene rings is 2. The van der Waals surface area contributed by atoms with Crippen LogP contribution in [0.25, 0.3) is 0 Å². The fourth-order valence-corrected chi connectivity index (χ4v) is 13.0. The maximum Gasteiger partial charge on any atom is 0.257 e. The van der Waals surface area contributed by atoms with Crippen molar-refractivity contribution in [3.63, 3.8) is 0 Å². The van der Waals surface area contributed by atoms with Crippen LogP contribution in [0.2, 0.25) is 0 Å². The third kappa shape index (κ3) is 5.56. The van der Waals surface area contributed by atoms with Crippen molar-refractivity contribution in [1.29, 1.82) is 0 Å². The molecule has 2 aromatic rings. The van der Waals surface area contributed by atoms with Crippen molar-refractivity contribution in [3.05, 3.63) is 58.7 Å². The molecule has 10 nitrogen and oxygen atoms in total. The van der Waals surface area contributed by atoms with E-state index >= 15 is 0 Å². The SMILES string of the molecule is Cc1ccc(S(=O)(=O)N([C@@H]2CCS(=O)(=O)C2)N([C@@H]2CCS(=O)(=O)C2)S(=O)(=O)c2ccc(C)cc2C)c(C)c1. The third-order valence-corrected chi connectivity index (χ3v) is 14.5. The Kier molecular flexibility index (Phi) is 7.65. The standard InChI is InChI=1S/C24H32N2O8S4/c1-17-5-7-23(19(3)13-17)37(31,32)25(21-9-11-35(27,28)15-21)26(22-10-12-36(29,30)16-22)38(33,34)24-8-6-18(2)14-20(24)4/h5-8,13-14,21-22H,9-12,15-16H2,1-4H3/t21-,22-/m1/s1. The maximum atomic E-state index is 14.3. The molecule has 0 spiro atoms. The molecule has 0 unspecified atom stereocenters. The zero-order valence-electron chi connectivity index (χ0n) is 21.7. The molecular weight excluding hydrogens is 573 g/mol. The van der Waals surface area contributed by atoms with Crippen molar-refractivity contribution in [2.24, 2.45) is 0 Å². The van der Waals surface area contributed by atoms with E-state index in [9.17, 15) is 33.7 Å². The van der Waals surface area contributed by atoms with E-state index in [0.29, 0.717) is 20.0 Å². The number of rotatable bonds is 7. The summed E-state index contributed by atoms with van der Waals surface area (Å²) >= 11 is 0. The quantitative estimate of drug-likeness (QED) is 0.436. The lowest BCUT2D eigenvalue weighted by atomic mass is 10.2. The number of hydrazine groups is 1. The maximum absolute atomic E-state index is 14.3. The van der Waals surface area contributed by atoms with Crippen LogP contribution in [0.15, 0.2) is 46.2 Å². The van der Waals surface area contributed by atoms with Gasteiger partial charge in [-0.1, -0.05) is 35.4 Å². The van der Waals surface area contributed by atoms with Crippen molar-refractivity contribution in [2.45, 2.75) is 62.4 Å². The van der Waals surface area contributed by atoms with Crippen molar-refractivity contribution in [1.82, 2.24) is 8.83 Å². The Morgan fingerprint density at radius 1 is 0.632 bits per heavy atom. The van der Waals surface area contributed by atoms with Gasteiger partial charge in [0.15, 0.2) is 19.7 Å². The molecular formula is C24H32N2O8S4. The predicted octanol–water partition coefficient (Wildman–Crippen LogP) is 1.89. The van der Waals surface area contributed by atoms with Gasteiger partial charge in [-0.3, -0.25) is 0 Å². The largest absolute Gasteiger partial charge is 0.257 e. The van der Waals surface area contributed by atoms with Crippen LogP contribution in [0.1, 0.15) is 35.1 Å². The molecule has 0 bridgehead atoms. The van der Waals surface area contributed by atoms with E-state index in [-0.39, 0.29) is 34.1 Å². The van der Waals surface area contributed by atoms with Crippen molar-refractivity contribution in [3.8, 4) is 0 Å². The molecule has 4 rings (SSSR count). The first-order valence-electron chi connectivity index (χ1n) is 12.1. The Morgan fingerprint density at radius 3 is 1.24 bits per heavy atom. The molecule has 2 saturated heterocycles. The highest BCUT2D eigenvalue weighted by atomic mass is 32.2. The van der Waals surface area contributed by atoms with Gasteiger partial charge in [0, 0.05) is 0 Å². The molecule has 2 aliphatic heterocycles. The van der Waals surface area contributed by atoms with Gasteiger partial charge in [0.1, 0.15) is 0 Å². The minimum atomic E-state index is -4.65. The monoisotopic (exact) mass is 604 g/mol. The molecule has 0 aromatic heterocycles. The summed E-state index contributed by atoms with van der Waals surface area (Å²) in [5.41, 5.74) is 2.30. The first-order chi connectivity index (χ1) is 17.4. The number of aryl methyl sites for hydroxylation is 4. The zero-order chi connectivity index (χ0) is 28.3. The van der Waals surface area contributed by atoms with Gasteiger partial charge in [0.05, 0.1) is 44.9 Å². The lowest BCUT2D eigenvalue weighted by Crippen LogP contribution is -2.59. The lowest BCUT2D eigenvalue weighted by molar-refractivity contribution is 0.0887. The molecule has 0 saturated carbocycles. The molecule has 2 atom stereocenters. The van der Waals surface area contributed by atoms with Crippen LogP contribution in [0.4, 0.5) is 0 Å². The van der Waals surface area contributed by atoms with E-state index in [1.807, 2.05) is 0 Å². The molecule has 2 heterocycles. The molecule has 2 aromatic carbocycles. The van der Waals surface area contributed by atoms with Crippen LogP contribution in [0.5, 0.6) is 0 Å². The topological polar surface area (TPSA) is 143 Å². The van der Waals surface area contributed by atoms with Gasteiger partial charge in [0.25, 0.3) is 20.0 Å². The Hall–Kier alpha value is -1.84. The second kappa shape index (κ2) is 9.97. The second-order valence-corrected chi connectivity index (χ2v) is 18.2. The van der Waals surface area contributed by atoms with Crippen molar-refractivity contribution < 1.29 is 33.7 Å². The van der Waals surface area contributed by atoms with Crippen LogP contribution in [-0.4, -0.2) is 77.6 Å².